The highest BCUT2D eigenvalue weighted by atomic mass is 32.1. The second-order valence-electron chi connectivity index (χ2n) is 19.5. The summed E-state index contributed by atoms with van der Waals surface area (Å²) in [5.41, 5.74) is 18.7. The van der Waals surface area contributed by atoms with Crippen LogP contribution in [0.1, 0.15) is 22.3 Å². The zero-order valence-electron chi connectivity index (χ0n) is 40.4. The van der Waals surface area contributed by atoms with Crippen molar-refractivity contribution in [3.05, 3.63) is 301 Å². The van der Waals surface area contributed by atoms with Crippen LogP contribution in [0.4, 0.5) is 17.1 Å². The van der Waals surface area contributed by atoms with Gasteiger partial charge in [0.25, 0.3) is 0 Å². The van der Waals surface area contributed by atoms with Crippen molar-refractivity contribution in [3.8, 4) is 39.1 Å². The van der Waals surface area contributed by atoms with Crippen LogP contribution in [0.2, 0.25) is 0 Å². The Kier molecular flexibility index (Phi) is 9.70. The Bertz CT molecular complexity index is 4410. The molecule has 0 radical (unpaired) electrons. The Morgan fingerprint density at radius 1 is 0.338 bits per heavy atom. The molecule has 0 atom stereocenters. The number of rotatable bonds is 8. The average Bonchev–Trinajstić information content (AvgIpc) is 4.21. The van der Waals surface area contributed by atoms with Crippen molar-refractivity contribution in [1.29, 1.82) is 0 Å². The standard InChI is InChI=1S/C71H46N2S/c1-6-20-47(21-7-1)49-34-37-54(38-35-49)72(55-39-41-58-57-30-18-19-33-63(57)71(64(58)45-55,51-24-10-3-11-25-51)52-26-12-4-13-27-52)56-40-42-61-65(46-56)73(53-28-14-5-15-29-53)69-60-32-17-16-31-59(60)67-62-44-50(48-22-8-2-9-23-48)36-43-66(62)74-70(67)68(61)69/h1-46H. The Morgan fingerprint density at radius 2 is 0.865 bits per heavy atom. The Balaban J connectivity index is 1.01. The molecule has 14 aromatic rings. The summed E-state index contributed by atoms with van der Waals surface area (Å²) in [5.74, 6) is 0. The van der Waals surface area contributed by atoms with Crippen LogP contribution in [-0.2, 0) is 5.41 Å². The van der Waals surface area contributed by atoms with E-state index in [1.807, 2.05) is 11.3 Å². The molecule has 15 rings (SSSR count). The van der Waals surface area contributed by atoms with Gasteiger partial charge < -0.3 is 9.47 Å². The van der Waals surface area contributed by atoms with Crippen LogP contribution in [0.5, 0.6) is 0 Å². The van der Waals surface area contributed by atoms with Crippen LogP contribution in [0.15, 0.2) is 279 Å². The predicted octanol–water partition coefficient (Wildman–Crippen LogP) is 19.5. The number of fused-ring (bicyclic) bond motifs is 13. The second kappa shape index (κ2) is 16.9. The summed E-state index contributed by atoms with van der Waals surface area (Å²) >= 11 is 1.92. The number of hydrogen-bond donors (Lipinski definition) is 0. The van der Waals surface area contributed by atoms with Gasteiger partial charge in [-0.05, 0) is 122 Å². The predicted molar refractivity (Wildman–Crippen MR) is 314 cm³/mol. The summed E-state index contributed by atoms with van der Waals surface area (Å²) < 4.78 is 5.14. The Labute approximate surface area is 433 Å². The number of aromatic nitrogens is 1. The Morgan fingerprint density at radius 3 is 1.57 bits per heavy atom. The first-order valence-corrected chi connectivity index (χ1v) is 26.3. The van der Waals surface area contributed by atoms with Crippen molar-refractivity contribution in [1.82, 2.24) is 4.57 Å². The molecular formula is C71H46N2S. The maximum absolute atomic E-state index is 2.53. The molecule has 1 aliphatic carbocycles. The Hall–Kier alpha value is -9.28. The van der Waals surface area contributed by atoms with E-state index in [1.54, 1.807) is 0 Å². The van der Waals surface area contributed by atoms with Gasteiger partial charge in [-0.25, -0.2) is 0 Å². The zero-order valence-corrected chi connectivity index (χ0v) is 41.2. The van der Waals surface area contributed by atoms with Crippen molar-refractivity contribution in [2.45, 2.75) is 5.41 Å². The molecule has 0 saturated heterocycles. The lowest BCUT2D eigenvalue weighted by Gasteiger charge is -2.35. The monoisotopic (exact) mass is 958 g/mol. The van der Waals surface area contributed by atoms with Gasteiger partial charge in [-0.3, -0.25) is 0 Å². The smallest absolute Gasteiger partial charge is 0.0714 e. The first-order chi connectivity index (χ1) is 36.7. The van der Waals surface area contributed by atoms with Crippen LogP contribution in [0, 0.1) is 0 Å². The van der Waals surface area contributed by atoms with Gasteiger partial charge in [-0.1, -0.05) is 218 Å². The van der Waals surface area contributed by atoms with E-state index in [-0.39, 0.29) is 0 Å². The molecule has 2 nitrogen and oxygen atoms in total. The molecule has 2 heterocycles. The number of anilines is 3. The van der Waals surface area contributed by atoms with E-state index in [9.17, 15) is 0 Å². The third-order valence-electron chi connectivity index (χ3n) is 15.6. The molecule has 0 N–H and O–H groups in total. The number of benzene rings is 12. The third kappa shape index (κ3) is 6.37. The van der Waals surface area contributed by atoms with Gasteiger partial charge in [0, 0.05) is 59.1 Å². The van der Waals surface area contributed by atoms with E-state index in [4.69, 9.17) is 0 Å². The minimum atomic E-state index is -0.546. The van der Waals surface area contributed by atoms with Crippen molar-refractivity contribution in [3.63, 3.8) is 0 Å². The fourth-order valence-electron chi connectivity index (χ4n) is 12.5. The quantitative estimate of drug-likeness (QED) is 0.147. The number of nitrogens with zero attached hydrogens (tertiary/aromatic N) is 2. The van der Waals surface area contributed by atoms with Crippen molar-refractivity contribution in [2.75, 3.05) is 4.90 Å². The lowest BCUT2D eigenvalue weighted by atomic mass is 9.67. The summed E-state index contributed by atoms with van der Waals surface area (Å²) in [5, 5.41) is 7.65. The number of para-hydroxylation sites is 1. The van der Waals surface area contributed by atoms with Gasteiger partial charge in [0.05, 0.1) is 16.4 Å². The molecule has 1 aliphatic rings. The minimum absolute atomic E-state index is 0.546. The molecule has 0 amide bonds. The summed E-state index contributed by atoms with van der Waals surface area (Å²) in [6, 6.07) is 103. The molecule has 0 saturated carbocycles. The first kappa shape index (κ1) is 42.4. The SMILES string of the molecule is c1ccc(-c2ccc(N(c3ccc4c(c3)C(c3ccccc3)(c3ccccc3)c3ccccc3-4)c3ccc4c5c6sc7ccc(-c8ccccc8)cc7c6c6ccccc6c5n(-c5ccccc5)c4c3)cc2)cc1. The molecule has 0 spiro atoms. The highest BCUT2D eigenvalue weighted by Crippen LogP contribution is 2.58. The minimum Gasteiger partial charge on any atom is -0.310 e. The molecule has 2 aromatic heterocycles. The lowest BCUT2D eigenvalue weighted by molar-refractivity contribution is 0.768. The van der Waals surface area contributed by atoms with Gasteiger partial charge >= 0.3 is 0 Å². The van der Waals surface area contributed by atoms with Crippen LogP contribution in [0.3, 0.4) is 0 Å². The van der Waals surface area contributed by atoms with Gasteiger partial charge in [0.15, 0.2) is 0 Å². The van der Waals surface area contributed by atoms with Gasteiger partial charge in [0.2, 0.25) is 0 Å². The van der Waals surface area contributed by atoms with Crippen LogP contribution in [-0.4, -0.2) is 4.57 Å². The summed E-state index contributed by atoms with van der Waals surface area (Å²) in [6.45, 7) is 0. The molecule has 3 heteroatoms. The summed E-state index contributed by atoms with van der Waals surface area (Å²) in [4.78, 5) is 2.48. The number of thiophene rings is 1. The molecule has 74 heavy (non-hydrogen) atoms. The maximum atomic E-state index is 2.53. The van der Waals surface area contributed by atoms with Crippen LogP contribution >= 0.6 is 11.3 Å². The molecule has 0 aliphatic heterocycles. The van der Waals surface area contributed by atoms with Gasteiger partial charge in [-0.2, -0.15) is 0 Å². The zero-order chi connectivity index (χ0) is 48.7. The molecule has 346 valence electrons. The van der Waals surface area contributed by atoms with Gasteiger partial charge in [0.1, 0.15) is 0 Å². The molecule has 0 unspecified atom stereocenters. The topological polar surface area (TPSA) is 8.17 Å². The molecular weight excluding hydrogens is 913 g/mol. The third-order valence-corrected chi connectivity index (χ3v) is 16.8. The van der Waals surface area contributed by atoms with Crippen molar-refractivity contribution in [2.24, 2.45) is 0 Å². The lowest BCUT2D eigenvalue weighted by Crippen LogP contribution is -2.28. The highest BCUT2D eigenvalue weighted by molar-refractivity contribution is 7.27. The van der Waals surface area contributed by atoms with E-state index >= 15 is 0 Å². The number of hydrogen-bond acceptors (Lipinski definition) is 2. The van der Waals surface area contributed by atoms with Gasteiger partial charge in [-0.15, -0.1) is 11.3 Å². The summed E-state index contributed by atoms with van der Waals surface area (Å²) in [6.07, 6.45) is 0. The highest BCUT2D eigenvalue weighted by Gasteiger charge is 2.46. The normalized spacial score (nSPS) is 12.7. The van der Waals surface area contributed by atoms with E-state index in [2.05, 4.69) is 289 Å². The van der Waals surface area contributed by atoms with E-state index in [1.165, 1.54) is 103 Å². The van der Waals surface area contributed by atoms with Crippen molar-refractivity contribution >= 4 is 81.1 Å². The molecule has 12 aromatic carbocycles. The van der Waals surface area contributed by atoms with Crippen LogP contribution in [0.25, 0.3) is 91.8 Å². The summed E-state index contributed by atoms with van der Waals surface area (Å²) in [7, 11) is 0. The fraction of sp³-hybridized carbons (Fsp3) is 0.0141. The maximum Gasteiger partial charge on any atom is 0.0714 e. The van der Waals surface area contributed by atoms with E-state index in [0.717, 1.165) is 28.3 Å². The van der Waals surface area contributed by atoms with Crippen LogP contribution < -0.4 is 4.90 Å². The molecule has 0 fully saturated rings. The first-order valence-electron chi connectivity index (χ1n) is 25.5. The van der Waals surface area contributed by atoms with E-state index < -0.39 is 5.41 Å². The van der Waals surface area contributed by atoms with E-state index in [0.29, 0.717) is 0 Å². The molecule has 0 bridgehead atoms. The van der Waals surface area contributed by atoms with Crippen molar-refractivity contribution < 1.29 is 0 Å². The fourth-order valence-corrected chi connectivity index (χ4v) is 13.7. The largest absolute Gasteiger partial charge is 0.310 e. The second-order valence-corrected chi connectivity index (χ2v) is 20.6. The average molecular weight is 959 g/mol.